The second kappa shape index (κ2) is 3.91. The molecule has 5 heteroatoms. The van der Waals surface area contributed by atoms with Crippen molar-refractivity contribution >= 4 is 5.82 Å². The van der Waals surface area contributed by atoms with Gasteiger partial charge in [-0.3, -0.25) is 4.98 Å². The Balaban J connectivity index is 2.53. The van der Waals surface area contributed by atoms with Crippen molar-refractivity contribution in [3.05, 3.63) is 30.7 Å². The third kappa shape index (κ3) is 1.85. The van der Waals surface area contributed by atoms with Crippen molar-refractivity contribution in [2.24, 2.45) is 0 Å². The van der Waals surface area contributed by atoms with Crippen molar-refractivity contribution in [3.8, 4) is 17.1 Å². The van der Waals surface area contributed by atoms with Crippen LogP contribution in [0.3, 0.4) is 0 Å². The lowest BCUT2D eigenvalue weighted by Gasteiger charge is -2.05. The van der Waals surface area contributed by atoms with Crippen LogP contribution in [-0.2, 0) is 0 Å². The Bertz CT molecular complexity index is 472. The molecular weight excluding hydrogens is 192 g/mol. The molecule has 0 unspecified atom stereocenters. The highest BCUT2D eigenvalue weighted by Crippen LogP contribution is 2.25. The number of nitrogens with two attached hydrogens (primary N) is 1. The quantitative estimate of drug-likeness (QED) is 0.790. The molecule has 0 fully saturated rings. The first kappa shape index (κ1) is 9.39. The minimum Gasteiger partial charge on any atom is -0.496 e. The molecule has 5 nitrogen and oxygen atoms in total. The molecule has 0 bridgehead atoms. The van der Waals surface area contributed by atoms with Gasteiger partial charge in [-0.2, -0.15) is 0 Å². The molecule has 2 heterocycles. The van der Waals surface area contributed by atoms with E-state index >= 15 is 0 Å². The topological polar surface area (TPSA) is 73.9 Å². The molecule has 0 atom stereocenters. The minimum atomic E-state index is 0.422. The van der Waals surface area contributed by atoms with Gasteiger partial charge in [-0.25, -0.2) is 9.97 Å². The van der Waals surface area contributed by atoms with Crippen molar-refractivity contribution in [2.45, 2.75) is 0 Å². The molecule has 15 heavy (non-hydrogen) atoms. The molecule has 2 aromatic heterocycles. The van der Waals surface area contributed by atoms with Gasteiger partial charge in [0.15, 0.2) is 5.82 Å². The van der Waals surface area contributed by atoms with Crippen molar-refractivity contribution < 1.29 is 4.74 Å². The lowest BCUT2D eigenvalue weighted by atomic mass is 10.2. The predicted octanol–water partition coefficient (Wildman–Crippen LogP) is 1.13. The fraction of sp³-hybridized carbons (Fsp3) is 0.100. The second-order valence-corrected chi connectivity index (χ2v) is 2.88. The average Bonchev–Trinajstić information content (AvgIpc) is 2.29. The second-order valence-electron chi connectivity index (χ2n) is 2.88. The highest BCUT2D eigenvalue weighted by molar-refractivity contribution is 5.63. The summed E-state index contributed by atoms with van der Waals surface area (Å²) in [7, 11) is 1.59. The van der Waals surface area contributed by atoms with Crippen LogP contribution in [0.5, 0.6) is 5.75 Å². The largest absolute Gasteiger partial charge is 0.496 e. The zero-order valence-corrected chi connectivity index (χ0v) is 8.21. The molecule has 0 saturated heterocycles. The maximum atomic E-state index is 5.58. The Kier molecular flexibility index (Phi) is 2.45. The van der Waals surface area contributed by atoms with Gasteiger partial charge < -0.3 is 10.5 Å². The van der Waals surface area contributed by atoms with Gasteiger partial charge in [0.1, 0.15) is 11.6 Å². The van der Waals surface area contributed by atoms with E-state index in [1.165, 1.54) is 0 Å². The number of ether oxygens (including phenoxy) is 1. The molecule has 0 spiro atoms. The van der Waals surface area contributed by atoms with E-state index < -0.39 is 0 Å². The highest BCUT2D eigenvalue weighted by atomic mass is 16.5. The van der Waals surface area contributed by atoms with Crippen LogP contribution in [-0.4, -0.2) is 22.1 Å². The molecule has 76 valence electrons. The van der Waals surface area contributed by atoms with Crippen LogP contribution in [0.25, 0.3) is 11.4 Å². The van der Waals surface area contributed by atoms with E-state index in [4.69, 9.17) is 10.5 Å². The number of anilines is 1. The van der Waals surface area contributed by atoms with Gasteiger partial charge in [-0.1, -0.05) is 0 Å². The fourth-order valence-electron chi connectivity index (χ4n) is 1.23. The lowest BCUT2D eigenvalue weighted by molar-refractivity contribution is 0.415. The third-order valence-electron chi connectivity index (χ3n) is 1.92. The smallest absolute Gasteiger partial charge is 0.166 e. The molecule has 0 amide bonds. The Morgan fingerprint density at radius 3 is 2.87 bits per heavy atom. The summed E-state index contributed by atoms with van der Waals surface area (Å²) in [6, 6.07) is 3.38. The van der Waals surface area contributed by atoms with Crippen LogP contribution in [0.1, 0.15) is 0 Å². The SMILES string of the molecule is COc1ccncc1-c1nccc(N)n1. The molecule has 0 aliphatic rings. The molecule has 0 saturated carbocycles. The van der Waals surface area contributed by atoms with E-state index in [9.17, 15) is 0 Å². The number of methoxy groups -OCH3 is 1. The summed E-state index contributed by atoms with van der Waals surface area (Å²) in [5.41, 5.74) is 6.30. The zero-order chi connectivity index (χ0) is 10.7. The normalized spacial score (nSPS) is 9.93. The summed E-state index contributed by atoms with van der Waals surface area (Å²) in [4.78, 5) is 12.2. The summed E-state index contributed by atoms with van der Waals surface area (Å²) < 4.78 is 5.18. The first-order chi connectivity index (χ1) is 7.31. The number of pyridine rings is 1. The fourth-order valence-corrected chi connectivity index (χ4v) is 1.23. The molecule has 2 rings (SSSR count). The first-order valence-corrected chi connectivity index (χ1v) is 4.38. The Labute approximate surface area is 87.0 Å². The first-order valence-electron chi connectivity index (χ1n) is 4.38. The van der Waals surface area contributed by atoms with Crippen LogP contribution < -0.4 is 10.5 Å². The maximum Gasteiger partial charge on any atom is 0.166 e. The average molecular weight is 202 g/mol. The third-order valence-corrected chi connectivity index (χ3v) is 1.92. The lowest BCUT2D eigenvalue weighted by Crippen LogP contribution is -1.96. The van der Waals surface area contributed by atoms with E-state index in [0.717, 1.165) is 5.56 Å². The molecule has 0 aliphatic heterocycles. The number of hydrogen-bond acceptors (Lipinski definition) is 5. The van der Waals surface area contributed by atoms with E-state index in [0.29, 0.717) is 17.4 Å². The monoisotopic (exact) mass is 202 g/mol. The van der Waals surface area contributed by atoms with Gasteiger partial charge in [0, 0.05) is 18.6 Å². The van der Waals surface area contributed by atoms with Crippen LogP contribution >= 0.6 is 0 Å². The Hall–Kier alpha value is -2.17. The summed E-state index contributed by atoms with van der Waals surface area (Å²) in [5.74, 6) is 1.61. The number of rotatable bonds is 2. The van der Waals surface area contributed by atoms with E-state index in [1.54, 1.807) is 37.8 Å². The van der Waals surface area contributed by atoms with Crippen molar-refractivity contribution in [2.75, 3.05) is 12.8 Å². The molecule has 0 aliphatic carbocycles. The summed E-state index contributed by atoms with van der Waals surface area (Å²) in [6.07, 6.45) is 4.90. The minimum absolute atomic E-state index is 0.422. The number of aromatic nitrogens is 3. The number of hydrogen-bond donors (Lipinski definition) is 1. The van der Waals surface area contributed by atoms with Crippen molar-refractivity contribution in [1.29, 1.82) is 0 Å². The number of nitrogens with zero attached hydrogens (tertiary/aromatic N) is 3. The highest BCUT2D eigenvalue weighted by Gasteiger charge is 2.07. The molecular formula is C10H10N4O. The van der Waals surface area contributed by atoms with Gasteiger partial charge in [0.25, 0.3) is 0 Å². The van der Waals surface area contributed by atoms with Crippen LogP contribution in [0.2, 0.25) is 0 Å². The Morgan fingerprint density at radius 1 is 1.27 bits per heavy atom. The van der Waals surface area contributed by atoms with Crippen molar-refractivity contribution in [1.82, 2.24) is 15.0 Å². The van der Waals surface area contributed by atoms with Crippen LogP contribution in [0.4, 0.5) is 5.82 Å². The van der Waals surface area contributed by atoms with Gasteiger partial charge in [-0.15, -0.1) is 0 Å². The Morgan fingerprint density at radius 2 is 2.13 bits per heavy atom. The van der Waals surface area contributed by atoms with Gasteiger partial charge >= 0.3 is 0 Å². The standard InChI is InChI=1S/C10H10N4O/c1-15-8-2-4-12-6-7(8)10-13-5-3-9(11)14-10/h2-6H,1H3,(H2,11,13,14). The van der Waals surface area contributed by atoms with E-state index in [2.05, 4.69) is 15.0 Å². The van der Waals surface area contributed by atoms with Crippen LogP contribution in [0, 0.1) is 0 Å². The molecule has 2 aromatic rings. The van der Waals surface area contributed by atoms with Crippen molar-refractivity contribution in [3.63, 3.8) is 0 Å². The predicted molar refractivity (Wildman–Crippen MR) is 56.2 cm³/mol. The maximum absolute atomic E-state index is 5.58. The van der Waals surface area contributed by atoms with E-state index in [1.807, 2.05) is 0 Å². The van der Waals surface area contributed by atoms with Gasteiger partial charge in [0.2, 0.25) is 0 Å². The summed E-state index contributed by atoms with van der Waals surface area (Å²) in [5, 5.41) is 0. The summed E-state index contributed by atoms with van der Waals surface area (Å²) in [6.45, 7) is 0. The van der Waals surface area contributed by atoms with Gasteiger partial charge in [-0.05, 0) is 12.1 Å². The van der Waals surface area contributed by atoms with Gasteiger partial charge in [0.05, 0.1) is 12.7 Å². The molecule has 2 N–H and O–H groups in total. The number of nitrogen functional groups attached to an aromatic ring is 1. The molecule has 0 aromatic carbocycles. The van der Waals surface area contributed by atoms with E-state index in [-0.39, 0.29) is 0 Å². The summed E-state index contributed by atoms with van der Waals surface area (Å²) >= 11 is 0. The zero-order valence-electron chi connectivity index (χ0n) is 8.21. The van der Waals surface area contributed by atoms with Crippen LogP contribution in [0.15, 0.2) is 30.7 Å². The molecule has 0 radical (unpaired) electrons.